The molecule has 28 heavy (non-hydrogen) atoms. The molecule has 1 aromatic carbocycles. The number of amides is 1. The first-order valence-electron chi connectivity index (χ1n) is 9.53. The van der Waals surface area contributed by atoms with E-state index < -0.39 is 30.1 Å². The molecule has 1 saturated heterocycles. The number of carbonyl (C=O) groups excluding carboxylic acids is 3. The summed E-state index contributed by atoms with van der Waals surface area (Å²) in [4.78, 5) is 38.1. The summed E-state index contributed by atoms with van der Waals surface area (Å²) in [5.74, 6) is -1.56. The first kappa shape index (κ1) is 21.6. The number of unbranched alkanes of at least 4 members (excludes halogenated alkanes) is 2. The number of nitrogens with zero attached hydrogens (tertiary/aromatic N) is 1. The van der Waals surface area contributed by atoms with Gasteiger partial charge in [0, 0.05) is 6.42 Å². The zero-order chi connectivity index (χ0) is 20.7. The number of carbonyl (C=O) groups is 3. The minimum atomic E-state index is -0.990. The lowest BCUT2D eigenvalue weighted by Crippen LogP contribution is -2.70. The highest BCUT2D eigenvalue weighted by atomic mass is 16.6. The first-order chi connectivity index (χ1) is 13.4. The van der Waals surface area contributed by atoms with Crippen molar-refractivity contribution in [2.75, 3.05) is 0 Å². The molecule has 0 aliphatic carbocycles. The van der Waals surface area contributed by atoms with E-state index >= 15 is 0 Å². The Hall–Kier alpha value is -2.67. The number of rotatable bonds is 9. The first-order valence-corrected chi connectivity index (χ1v) is 9.53. The molecule has 0 saturated carbocycles. The highest BCUT2D eigenvalue weighted by Gasteiger charge is 2.51. The van der Waals surface area contributed by atoms with Crippen LogP contribution in [-0.2, 0) is 30.5 Å². The Morgan fingerprint density at radius 1 is 1.14 bits per heavy atom. The molecule has 1 heterocycles. The van der Waals surface area contributed by atoms with Gasteiger partial charge in [0.05, 0.1) is 0 Å². The summed E-state index contributed by atoms with van der Waals surface area (Å²) >= 11 is 0. The fourth-order valence-corrected chi connectivity index (χ4v) is 2.90. The van der Waals surface area contributed by atoms with Crippen molar-refractivity contribution >= 4 is 17.8 Å². The van der Waals surface area contributed by atoms with Crippen LogP contribution in [0.1, 0.15) is 52.0 Å². The Labute approximate surface area is 165 Å². The van der Waals surface area contributed by atoms with Crippen LogP contribution in [0.25, 0.3) is 0 Å². The number of β-lactam (4-membered cyclic amide) rings is 1. The van der Waals surface area contributed by atoms with Gasteiger partial charge in [-0.25, -0.2) is 4.79 Å². The molecule has 1 aliphatic rings. The van der Waals surface area contributed by atoms with E-state index in [9.17, 15) is 14.4 Å². The largest absolute Gasteiger partial charge is 0.456 e. The van der Waals surface area contributed by atoms with Crippen LogP contribution in [0.3, 0.4) is 0 Å². The molecule has 1 fully saturated rings. The van der Waals surface area contributed by atoms with Crippen LogP contribution in [0, 0.1) is 0 Å². The predicted molar refractivity (Wildman–Crippen MR) is 103 cm³/mol. The fraction of sp³-hybridized carbons (Fsp3) is 0.476. The number of allylic oxidation sites excluding steroid dienone is 1. The Morgan fingerprint density at radius 2 is 1.82 bits per heavy atom. The van der Waals surface area contributed by atoms with Crippen molar-refractivity contribution in [3.05, 3.63) is 47.2 Å². The molecule has 7 nitrogen and oxygen atoms in total. The SMILES string of the molecule is CCCCCC(=O)O[C@@H]1[C@H](N)C(=O)N1C(C(=O)OCc1ccccc1)=C(C)C. The summed E-state index contributed by atoms with van der Waals surface area (Å²) in [6, 6.07) is 8.24. The molecule has 1 aliphatic heterocycles. The van der Waals surface area contributed by atoms with Crippen LogP contribution in [-0.4, -0.2) is 35.0 Å². The van der Waals surface area contributed by atoms with Gasteiger partial charge in [0.1, 0.15) is 18.3 Å². The molecule has 0 radical (unpaired) electrons. The van der Waals surface area contributed by atoms with E-state index in [-0.39, 0.29) is 18.7 Å². The molecular formula is C21H28N2O5. The quantitative estimate of drug-likeness (QED) is 0.302. The lowest BCUT2D eigenvalue weighted by molar-refractivity contribution is -0.186. The van der Waals surface area contributed by atoms with Gasteiger partial charge in [-0.1, -0.05) is 50.1 Å². The molecule has 0 unspecified atom stereocenters. The van der Waals surface area contributed by atoms with E-state index in [2.05, 4.69) is 0 Å². The zero-order valence-electron chi connectivity index (χ0n) is 16.6. The lowest BCUT2D eigenvalue weighted by Gasteiger charge is -2.44. The second-order valence-electron chi connectivity index (χ2n) is 6.98. The number of esters is 2. The number of ether oxygens (including phenoxy) is 2. The van der Waals surface area contributed by atoms with Gasteiger partial charge in [-0.3, -0.25) is 14.5 Å². The Kier molecular flexibility index (Phi) is 7.75. The normalized spacial score (nSPS) is 18.3. The van der Waals surface area contributed by atoms with Gasteiger partial charge < -0.3 is 15.2 Å². The van der Waals surface area contributed by atoms with Crippen LogP contribution in [0.15, 0.2) is 41.6 Å². The van der Waals surface area contributed by atoms with Gasteiger partial charge in [-0.15, -0.1) is 0 Å². The second kappa shape index (κ2) is 10.0. The van der Waals surface area contributed by atoms with E-state index in [0.29, 0.717) is 12.0 Å². The van der Waals surface area contributed by atoms with Gasteiger partial charge in [0.25, 0.3) is 5.91 Å². The van der Waals surface area contributed by atoms with Crippen molar-refractivity contribution in [1.29, 1.82) is 0 Å². The lowest BCUT2D eigenvalue weighted by atomic mass is 10.0. The molecule has 7 heteroatoms. The highest BCUT2D eigenvalue weighted by Crippen LogP contribution is 2.28. The topological polar surface area (TPSA) is 98.9 Å². The molecule has 152 valence electrons. The fourth-order valence-electron chi connectivity index (χ4n) is 2.90. The maximum absolute atomic E-state index is 12.6. The van der Waals surface area contributed by atoms with Gasteiger partial charge in [-0.05, 0) is 31.4 Å². The van der Waals surface area contributed by atoms with Crippen LogP contribution < -0.4 is 5.73 Å². The summed E-state index contributed by atoms with van der Waals surface area (Å²) in [6.07, 6.45) is 1.87. The summed E-state index contributed by atoms with van der Waals surface area (Å²) in [5, 5.41) is 0. The maximum atomic E-state index is 12.6. The Morgan fingerprint density at radius 3 is 2.43 bits per heavy atom. The summed E-state index contributed by atoms with van der Waals surface area (Å²) in [6.45, 7) is 5.49. The molecule has 2 atom stereocenters. The number of hydrogen-bond donors (Lipinski definition) is 1. The van der Waals surface area contributed by atoms with Crippen molar-refractivity contribution < 1.29 is 23.9 Å². The average molecular weight is 388 g/mol. The summed E-state index contributed by atoms with van der Waals surface area (Å²) in [7, 11) is 0. The van der Waals surface area contributed by atoms with Crippen molar-refractivity contribution in [2.45, 2.75) is 65.3 Å². The average Bonchev–Trinajstić information content (AvgIpc) is 2.69. The number of benzene rings is 1. The van der Waals surface area contributed by atoms with Gasteiger partial charge in [0.15, 0.2) is 0 Å². The Balaban J connectivity index is 2.06. The third-order valence-corrected chi connectivity index (χ3v) is 4.44. The van der Waals surface area contributed by atoms with E-state index in [0.717, 1.165) is 23.3 Å². The number of hydrogen-bond acceptors (Lipinski definition) is 6. The number of nitrogens with two attached hydrogens (primary N) is 1. The van der Waals surface area contributed by atoms with Crippen LogP contribution in [0.5, 0.6) is 0 Å². The second-order valence-corrected chi connectivity index (χ2v) is 6.98. The molecule has 0 aromatic heterocycles. The van der Waals surface area contributed by atoms with Crippen LogP contribution >= 0.6 is 0 Å². The van der Waals surface area contributed by atoms with E-state index in [1.165, 1.54) is 0 Å². The minimum absolute atomic E-state index is 0.0639. The molecule has 2 rings (SSSR count). The van der Waals surface area contributed by atoms with Crippen molar-refractivity contribution in [1.82, 2.24) is 4.90 Å². The molecule has 2 N–H and O–H groups in total. The predicted octanol–water partition coefficient (Wildman–Crippen LogP) is 2.64. The maximum Gasteiger partial charge on any atom is 0.355 e. The van der Waals surface area contributed by atoms with E-state index in [1.807, 2.05) is 37.3 Å². The van der Waals surface area contributed by atoms with Gasteiger partial charge >= 0.3 is 11.9 Å². The number of likely N-dealkylation sites (tertiary alicyclic amines) is 1. The molecular weight excluding hydrogens is 360 g/mol. The van der Waals surface area contributed by atoms with Crippen molar-refractivity contribution in [3.63, 3.8) is 0 Å². The third kappa shape index (κ3) is 5.19. The van der Waals surface area contributed by atoms with Gasteiger partial charge in [-0.2, -0.15) is 0 Å². The molecule has 0 bridgehead atoms. The van der Waals surface area contributed by atoms with E-state index in [1.54, 1.807) is 13.8 Å². The van der Waals surface area contributed by atoms with Crippen molar-refractivity contribution in [2.24, 2.45) is 5.73 Å². The molecule has 1 amide bonds. The Bertz CT molecular complexity index is 740. The van der Waals surface area contributed by atoms with Crippen molar-refractivity contribution in [3.8, 4) is 0 Å². The third-order valence-electron chi connectivity index (χ3n) is 4.44. The molecule has 1 aromatic rings. The smallest absolute Gasteiger partial charge is 0.355 e. The minimum Gasteiger partial charge on any atom is -0.456 e. The summed E-state index contributed by atoms with van der Waals surface area (Å²) in [5.41, 5.74) is 7.29. The zero-order valence-corrected chi connectivity index (χ0v) is 16.6. The van der Waals surface area contributed by atoms with E-state index in [4.69, 9.17) is 15.2 Å². The van der Waals surface area contributed by atoms with Gasteiger partial charge in [0.2, 0.25) is 6.23 Å². The standard InChI is InChI=1S/C21H28N2O5/c1-4-5-7-12-16(24)28-20-17(22)19(25)23(20)18(14(2)3)21(26)27-13-15-10-8-6-9-11-15/h6,8-11,17,20H,4-5,7,12-13,22H2,1-3H3/t17-,20-/m1/s1. The highest BCUT2D eigenvalue weighted by molar-refractivity contribution is 6.00. The van der Waals surface area contributed by atoms with Crippen LogP contribution in [0.2, 0.25) is 0 Å². The van der Waals surface area contributed by atoms with Crippen LogP contribution in [0.4, 0.5) is 0 Å². The summed E-state index contributed by atoms with van der Waals surface area (Å²) < 4.78 is 10.7. The molecule has 0 spiro atoms. The monoisotopic (exact) mass is 388 g/mol.